The third-order valence-corrected chi connectivity index (χ3v) is 5.97. The van der Waals surface area contributed by atoms with Crippen LogP contribution in [0.5, 0.6) is 0 Å². The molecule has 2 aromatic carbocycles. The van der Waals surface area contributed by atoms with Crippen LogP contribution in [0, 0.1) is 12.8 Å². The number of anilines is 2. The number of aliphatic imine (C=N–C) groups is 1. The largest absolute Gasteiger partial charge is 0.356 e. The number of aryl methyl sites for hydroxylation is 1. The summed E-state index contributed by atoms with van der Waals surface area (Å²) >= 11 is 0. The molecule has 25 heavy (non-hydrogen) atoms. The Bertz CT molecular complexity index is 860. The zero-order valence-corrected chi connectivity index (χ0v) is 15.1. The molecule has 0 atom stereocenters. The van der Waals surface area contributed by atoms with Crippen molar-refractivity contribution in [3.8, 4) is 0 Å². The molecule has 0 unspecified atom stereocenters. The summed E-state index contributed by atoms with van der Waals surface area (Å²) in [6, 6.07) is 13.5. The smallest absolute Gasteiger partial charge is 0.138 e. The number of fused-ring (bicyclic) bond motifs is 2. The Hall–Kier alpha value is -2.29. The highest BCUT2D eigenvalue weighted by atomic mass is 15.2. The predicted octanol–water partition coefficient (Wildman–Crippen LogP) is 4.81. The first-order valence-corrected chi connectivity index (χ1v) is 9.55. The van der Waals surface area contributed by atoms with Gasteiger partial charge < -0.3 is 9.80 Å². The first-order chi connectivity index (χ1) is 12.2. The van der Waals surface area contributed by atoms with Gasteiger partial charge in [0.2, 0.25) is 0 Å². The molecule has 3 aliphatic rings. The first kappa shape index (κ1) is 15.0. The van der Waals surface area contributed by atoms with E-state index in [1.54, 1.807) is 0 Å². The van der Waals surface area contributed by atoms with Crippen molar-refractivity contribution in [1.29, 1.82) is 0 Å². The van der Waals surface area contributed by atoms with Crippen molar-refractivity contribution in [2.24, 2.45) is 10.9 Å². The summed E-state index contributed by atoms with van der Waals surface area (Å²) in [5, 5.41) is 0. The Labute approximate surface area is 150 Å². The zero-order valence-electron chi connectivity index (χ0n) is 15.1. The third kappa shape index (κ3) is 2.37. The number of benzene rings is 2. The summed E-state index contributed by atoms with van der Waals surface area (Å²) < 4.78 is 0. The minimum atomic E-state index is 0.829. The Balaban J connectivity index is 1.71. The molecule has 3 heterocycles. The van der Waals surface area contributed by atoms with Crippen molar-refractivity contribution >= 4 is 22.9 Å². The topological polar surface area (TPSA) is 18.8 Å². The summed E-state index contributed by atoms with van der Waals surface area (Å²) in [6.45, 7) is 7.82. The highest BCUT2D eigenvalue weighted by Crippen LogP contribution is 2.45. The first-order valence-electron chi connectivity index (χ1n) is 9.55. The molecule has 5 rings (SSSR count). The van der Waals surface area contributed by atoms with E-state index < -0.39 is 0 Å². The number of piperidine rings is 1. The molecule has 1 saturated heterocycles. The minimum absolute atomic E-state index is 0.829. The van der Waals surface area contributed by atoms with E-state index in [0.29, 0.717) is 0 Å². The van der Waals surface area contributed by atoms with Crippen LogP contribution in [0.3, 0.4) is 0 Å². The van der Waals surface area contributed by atoms with Crippen molar-refractivity contribution in [2.45, 2.75) is 33.1 Å². The summed E-state index contributed by atoms with van der Waals surface area (Å²) in [5.74, 6) is 2.01. The van der Waals surface area contributed by atoms with Gasteiger partial charge in [-0.1, -0.05) is 25.1 Å². The van der Waals surface area contributed by atoms with Crippen molar-refractivity contribution in [2.75, 3.05) is 24.5 Å². The molecule has 2 aromatic rings. The Kier molecular flexibility index (Phi) is 3.37. The van der Waals surface area contributed by atoms with E-state index in [0.717, 1.165) is 37.7 Å². The van der Waals surface area contributed by atoms with Gasteiger partial charge in [0.15, 0.2) is 0 Å². The number of hydrogen-bond donors (Lipinski definition) is 0. The summed E-state index contributed by atoms with van der Waals surface area (Å²) in [5.41, 5.74) is 7.83. The molecule has 0 radical (unpaired) electrons. The molecule has 128 valence electrons. The number of para-hydroxylation sites is 1. The number of rotatable bonds is 0. The van der Waals surface area contributed by atoms with Gasteiger partial charge in [-0.2, -0.15) is 0 Å². The maximum atomic E-state index is 5.22. The Morgan fingerprint density at radius 3 is 2.72 bits per heavy atom. The Morgan fingerprint density at radius 2 is 1.88 bits per heavy atom. The molecule has 3 nitrogen and oxygen atoms in total. The number of amidine groups is 1. The van der Waals surface area contributed by atoms with Gasteiger partial charge >= 0.3 is 0 Å². The van der Waals surface area contributed by atoms with Gasteiger partial charge in [0.25, 0.3) is 0 Å². The number of hydrogen-bond acceptors (Lipinski definition) is 3. The molecule has 0 aliphatic carbocycles. The second-order valence-electron chi connectivity index (χ2n) is 7.81. The lowest BCUT2D eigenvalue weighted by molar-refractivity contribution is 0.281. The lowest BCUT2D eigenvalue weighted by atomic mass is 9.98. The van der Waals surface area contributed by atoms with Gasteiger partial charge in [0, 0.05) is 25.2 Å². The highest BCUT2D eigenvalue weighted by Gasteiger charge is 2.32. The van der Waals surface area contributed by atoms with E-state index in [1.165, 1.54) is 46.7 Å². The maximum absolute atomic E-state index is 5.22. The Morgan fingerprint density at radius 1 is 1.04 bits per heavy atom. The molecule has 0 N–H and O–H groups in total. The second kappa shape index (κ2) is 5.62. The van der Waals surface area contributed by atoms with E-state index in [9.17, 15) is 0 Å². The van der Waals surface area contributed by atoms with Gasteiger partial charge in [-0.25, -0.2) is 4.99 Å². The molecular formula is C22H25N3. The third-order valence-electron chi connectivity index (χ3n) is 5.97. The average Bonchev–Trinajstić information content (AvgIpc) is 2.99. The second-order valence-corrected chi connectivity index (χ2v) is 7.81. The van der Waals surface area contributed by atoms with Crippen molar-refractivity contribution < 1.29 is 0 Å². The van der Waals surface area contributed by atoms with Crippen LogP contribution in [0.2, 0.25) is 0 Å². The standard InChI is InChI=1S/C22H25N3/c1-15-8-11-24(12-9-15)22-18-5-3-4-17-10-13-25(21(17)18)20-7-6-16(2)14-19(20)23-22/h3-7,14-15H,8-13H2,1-2H3. The van der Waals surface area contributed by atoms with Crippen LogP contribution in [0.25, 0.3) is 0 Å². The fourth-order valence-corrected chi connectivity index (χ4v) is 4.46. The van der Waals surface area contributed by atoms with Crippen LogP contribution in [0.1, 0.15) is 36.5 Å². The molecule has 0 bridgehead atoms. The summed E-state index contributed by atoms with van der Waals surface area (Å²) in [7, 11) is 0. The van der Waals surface area contributed by atoms with Gasteiger partial charge in [-0.3, -0.25) is 0 Å². The maximum Gasteiger partial charge on any atom is 0.138 e. The van der Waals surface area contributed by atoms with Crippen molar-refractivity contribution in [3.63, 3.8) is 0 Å². The van der Waals surface area contributed by atoms with Gasteiger partial charge in [0.1, 0.15) is 5.84 Å². The highest BCUT2D eigenvalue weighted by molar-refractivity contribution is 6.09. The van der Waals surface area contributed by atoms with Gasteiger partial charge in [0.05, 0.1) is 17.1 Å². The van der Waals surface area contributed by atoms with Crippen LogP contribution in [0.4, 0.5) is 17.1 Å². The average molecular weight is 331 g/mol. The summed E-state index contributed by atoms with van der Waals surface area (Å²) in [4.78, 5) is 10.2. The van der Waals surface area contributed by atoms with Crippen LogP contribution in [0.15, 0.2) is 41.4 Å². The van der Waals surface area contributed by atoms with Crippen molar-refractivity contribution in [3.05, 3.63) is 53.1 Å². The molecule has 3 aliphatic heterocycles. The SMILES string of the molecule is Cc1ccc2c(c1)N=C(N1CCC(C)CC1)c1cccc3c1N2CC3. The monoisotopic (exact) mass is 331 g/mol. The van der Waals surface area contributed by atoms with Crippen molar-refractivity contribution in [1.82, 2.24) is 4.90 Å². The van der Waals surface area contributed by atoms with E-state index in [2.05, 4.69) is 60.0 Å². The van der Waals surface area contributed by atoms with Gasteiger partial charge in [-0.15, -0.1) is 0 Å². The lowest BCUT2D eigenvalue weighted by Crippen LogP contribution is -2.38. The van der Waals surface area contributed by atoms with Crippen LogP contribution >= 0.6 is 0 Å². The normalized spacial score (nSPS) is 19.4. The fourth-order valence-electron chi connectivity index (χ4n) is 4.46. The summed E-state index contributed by atoms with van der Waals surface area (Å²) in [6.07, 6.45) is 3.65. The van der Waals surface area contributed by atoms with Crippen LogP contribution < -0.4 is 4.90 Å². The quantitative estimate of drug-likeness (QED) is 0.690. The van der Waals surface area contributed by atoms with Gasteiger partial charge in [-0.05, 0) is 61.4 Å². The molecule has 0 spiro atoms. The van der Waals surface area contributed by atoms with E-state index in [1.807, 2.05) is 0 Å². The fraction of sp³-hybridized carbons (Fsp3) is 0.409. The van der Waals surface area contributed by atoms with E-state index in [-0.39, 0.29) is 0 Å². The van der Waals surface area contributed by atoms with Crippen LogP contribution in [-0.2, 0) is 6.42 Å². The number of likely N-dealkylation sites (tertiary alicyclic amines) is 1. The minimum Gasteiger partial charge on any atom is -0.356 e. The molecule has 0 amide bonds. The lowest BCUT2D eigenvalue weighted by Gasteiger charge is -2.33. The molecule has 0 saturated carbocycles. The van der Waals surface area contributed by atoms with E-state index in [4.69, 9.17) is 4.99 Å². The van der Waals surface area contributed by atoms with E-state index >= 15 is 0 Å². The number of nitrogens with zero attached hydrogens (tertiary/aromatic N) is 3. The zero-order chi connectivity index (χ0) is 17.0. The predicted molar refractivity (Wildman–Crippen MR) is 104 cm³/mol. The molecular weight excluding hydrogens is 306 g/mol. The molecule has 1 fully saturated rings. The molecule has 0 aromatic heterocycles. The van der Waals surface area contributed by atoms with Crippen LogP contribution in [-0.4, -0.2) is 30.4 Å². The molecule has 3 heteroatoms.